The Kier molecular flexibility index (Phi) is 10.6. The van der Waals surface area contributed by atoms with E-state index in [4.69, 9.17) is 16.4 Å². The van der Waals surface area contributed by atoms with E-state index >= 15 is 0 Å². The molecule has 11 nitrogen and oxygen atoms in total. The second kappa shape index (κ2) is 14.5. The SMILES string of the molecule is CCCC(NC(=O)C1CC2(CC(c3cccc(Cl)c3)=NO2)CN1C(=O)C(NC(=O)Cc1ccccc1)C(C)(C)C)C(=O)C(=O)NC1CC1. The van der Waals surface area contributed by atoms with Gasteiger partial charge >= 0.3 is 0 Å². The molecule has 1 saturated carbocycles. The molecule has 0 radical (unpaired) electrons. The van der Waals surface area contributed by atoms with Gasteiger partial charge in [-0.15, -0.1) is 0 Å². The summed E-state index contributed by atoms with van der Waals surface area (Å²) in [6.45, 7) is 7.42. The number of nitrogens with one attached hydrogen (secondary N) is 3. The van der Waals surface area contributed by atoms with E-state index in [9.17, 15) is 24.0 Å². The summed E-state index contributed by atoms with van der Waals surface area (Å²) < 4.78 is 0. The highest BCUT2D eigenvalue weighted by atomic mass is 35.5. The van der Waals surface area contributed by atoms with Gasteiger partial charge in [0, 0.05) is 29.5 Å². The molecule has 48 heavy (non-hydrogen) atoms. The van der Waals surface area contributed by atoms with Gasteiger partial charge in [0.2, 0.25) is 23.5 Å². The summed E-state index contributed by atoms with van der Waals surface area (Å²) in [4.78, 5) is 75.1. The summed E-state index contributed by atoms with van der Waals surface area (Å²) in [5.41, 5.74) is 0.446. The quantitative estimate of drug-likeness (QED) is 0.292. The maximum absolute atomic E-state index is 14.5. The van der Waals surface area contributed by atoms with Crippen LogP contribution in [0.2, 0.25) is 5.02 Å². The fourth-order valence-corrected chi connectivity index (χ4v) is 6.42. The van der Waals surface area contributed by atoms with Crippen molar-refractivity contribution in [1.29, 1.82) is 0 Å². The average molecular weight is 678 g/mol. The standard InChI is InChI=1S/C36H44ClN5O6/c1-5-10-26(30(44)33(46)38-25-15-16-25)39-32(45)28-20-36(19-27(41-48-36)23-13-9-14-24(37)18-23)21-42(28)34(47)31(35(2,3)4)40-29(43)17-22-11-7-6-8-12-22/h6-9,11-14,18,25-26,28,31H,5,10,15-17,19-21H2,1-4H3,(H,38,46)(H,39,45)(H,40,43). The molecule has 2 heterocycles. The molecule has 2 fully saturated rings. The van der Waals surface area contributed by atoms with E-state index in [0.29, 0.717) is 23.6 Å². The molecule has 4 amide bonds. The molecule has 1 aliphatic carbocycles. The van der Waals surface area contributed by atoms with Gasteiger partial charge in [-0.25, -0.2) is 0 Å². The summed E-state index contributed by atoms with van der Waals surface area (Å²) in [6, 6.07) is 13.3. The number of amides is 4. The fourth-order valence-electron chi connectivity index (χ4n) is 6.23. The fraction of sp³-hybridized carbons (Fsp3) is 0.500. The van der Waals surface area contributed by atoms with Crippen molar-refractivity contribution in [1.82, 2.24) is 20.9 Å². The summed E-state index contributed by atoms with van der Waals surface area (Å²) in [7, 11) is 0. The van der Waals surface area contributed by atoms with Crippen LogP contribution in [-0.4, -0.2) is 76.3 Å². The van der Waals surface area contributed by atoms with E-state index in [1.807, 2.05) is 70.2 Å². The van der Waals surface area contributed by atoms with E-state index in [1.54, 1.807) is 12.1 Å². The Bertz CT molecular complexity index is 1590. The van der Waals surface area contributed by atoms with Crippen molar-refractivity contribution in [2.45, 2.75) is 102 Å². The monoisotopic (exact) mass is 677 g/mol. The molecule has 2 aromatic rings. The van der Waals surface area contributed by atoms with Gasteiger partial charge < -0.3 is 25.7 Å². The van der Waals surface area contributed by atoms with Crippen molar-refractivity contribution >= 4 is 46.7 Å². The molecule has 2 aromatic carbocycles. The lowest BCUT2D eigenvalue weighted by Crippen LogP contribution is -2.59. The largest absolute Gasteiger partial charge is 0.387 e. The van der Waals surface area contributed by atoms with Crippen LogP contribution in [0.5, 0.6) is 0 Å². The minimum absolute atomic E-state index is 0.0122. The zero-order chi connectivity index (χ0) is 34.6. The van der Waals surface area contributed by atoms with Crippen molar-refractivity contribution in [2.75, 3.05) is 6.54 Å². The molecule has 1 saturated heterocycles. The van der Waals surface area contributed by atoms with Crippen LogP contribution in [0.1, 0.15) is 77.3 Å². The first-order valence-corrected chi connectivity index (χ1v) is 17.0. The van der Waals surface area contributed by atoms with E-state index in [-0.39, 0.29) is 37.8 Å². The maximum Gasteiger partial charge on any atom is 0.289 e. The highest BCUT2D eigenvalue weighted by Crippen LogP contribution is 2.40. The minimum atomic E-state index is -1.05. The van der Waals surface area contributed by atoms with Gasteiger partial charge in [-0.05, 0) is 42.4 Å². The first kappa shape index (κ1) is 35.1. The number of hydrogen-bond acceptors (Lipinski definition) is 7. The predicted molar refractivity (Wildman–Crippen MR) is 181 cm³/mol. The molecule has 0 aromatic heterocycles. The second-order valence-corrected chi connectivity index (χ2v) is 14.6. The zero-order valence-corrected chi connectivity index (χ0v) is 28.6. The smallest absolute Gasteiger partial charge is 0.289 e. The van der Waals surface area contributed by atoms with Crippen LogP contribution < -0.4 is 16.0 Å². The Morgan fingerprint density at radius 2 is 1.77 bits per heavy atom. The molecule has 2 aliphatic heterocycles. The lowest BCUT2D eigenvalue weighted by molar-refractivity contribution is -0.145. The Balaban J connectivity index is 1.40. The van der Waals surface area contributed by atoms with E-state index in [1.165, 1.54) is 4.90 Å². The number of Topliss-reactive ketones (excluding diaryl/α,β-unsaturated/α-hetero) is 1. The third-order valence-electron chi connectivity index (χ3n) is 8.96. The van der Waals surface area contributed by atoms with Crippen LogP contribution in [-0.2, 0) is 35.2 Å². The van der Waals surface area contributed by atoms with Gasteiger partial charge in [0.05, 0.1) is 24.7 Å². The van der Waals surface area contributed by atoms with Crippen molar-refractivity contribution in [3.63, 3.8) is 0 Å². The summed E-state index contributed by atoms with van der Waals surface area (Å²) >= 11 is 6.23. The number of likely N-dealkylation sites (tertiary alicyclic amines) is 1. The molecule has 4 atom stereocenters. The Morgan fingerprint density at radius 3 is 2.42 bits per heavy atom. The summed E-state index contributed by atoms with van der Waals surface area (Å²) in [6.07, 6.45) is 2.93. The average Bonchev–Trinajstić information content (AvgIpc) is 3.63. The van der Waals surface area contributed by atoms with Gasteiger partial charge in [-0.2, -0.15) is 0 Å². The molecule has 3 N–H and O–H groups in total. The highest BCUT2D eigenvalue weighted by molar-refractivity contribution is 6.38. The topological polar surface area (TPSA) is 146 Å². The van der Waals surface area contributed by atoms with Crippen LogP contribution in [0.25, 0.3) is 0 Å². The zero-order valence-electron chi connectivity index (χ0n) is 27.9. The number of ketones is 1. The lowest BCUT2D eigenvalue weighted by atomic mass is 9.85. The van der Waals surface area contributed by atoms with Crippen molar-refractivity contribution < 1.29 is 28.8 Å². The van der Waals surface area contributed by atoms with E-state index in [2.05, 4.69) is 21.1 Å². The van der Waals surface area contributed by atoms with Crippen LogP contribution in [0, 0.1) is 5.41 Å². The molecular formula is C36H44ClN5O6. The van der Waals surface area contributed by atoms with Gasteiger partial charge in [0.15, 0.2) is 5.60 Å². The van der Waals surface area contributed by atoms with Crippen LogP contribution >= 0.6 is 11.6 Å². The highest BCUT2D eigenvalue weighted by Gasteiger charge is 2.55. The number of oxime groups is 1. The molecule has 5 rings (SSSR count). The maximum atomic E-state index is 14.5. The Labute approximate surface area is 286 Å². The number of halogens is 1. The predicted octanol–water partition coefficient (Wildman–Crippen LogP) is 3.71. The van der Waals surface area contributed by atoms with Gasteiger partial charge in [0.25, 0.3) is 5.91 Å². The normalized spacial score (nSPS) is 21.6. The summed E-state index contributed by atoms with van der Waals surface area (Å²) in [5, 5.41) is 13.3. The third kappa shape index (κ3) is 8.42. The number of nitrogens with zero attached hydrogens (tertiary/aromatic N) is 2. The van der Waals surface area contributed by atoms with Crippen molar-refractivity contribution in [3.05, 3.63) is 70.7 Å². The molecule has 256 valence electrons. The number of rotatable bonds is 12. The first-order valence-electron chi connectivity index (χ1n) is 16.6. The van der Waals surface area contributed by atoms with Gasteiger partial charge in [-0.1, -0.05) is 93.3 Å². The number of hydrogen-bond donors (Lipinski definition) is 3. The number of carbonyl (C=O) groups excluding carboxylic acids is 5. The molecule has 12 heteroatoms. The van der Waals surface area contributed by atoms with Crippen molar-refractivity contribution in [3.8, 4) is 0 Å². The van der Waals surface area contributed by atoms with Gasteiger partial charge in [-0.3, -0.25) is 24.0 Å². The molecular weight excluding hydrogens is 634 g/mol. The van der Waals surface area contributed by atoms with Crippen LogP contribution in [0.4, 0.5) is 0 Å². The molecule has 0 bridgehead atoms. The Morgan fingerprint density at radius 1 is 1.04 bits per heavy atom. The van der Waals surface area contributed by atoms with Crippen molar-refractivity contribution in [2.24, 2.45) is 10.6 Å². The van der Waals surface area contributed by atoms with Gasteiger partial charge in [0.1, 0.15) is 12.1 Å². The molecule has 3 aliphatic rings. The summed E-state index contributed by atoms with van der Waals surface area (Å²) in [5.74, 6) is -2.80. The van der Waals surface area contributed by atoms with Crippen LogP contribution in [0.3, 0.4) is 0 Å². The second-order valence-electron chi connectivity index (χ2n) is 14.2. The Hall–Kier alpha value is -4.25. The number of benzene rings is 2. The lowest BCUT2D eigenvalue weighted by Gasteiger charge is -2.35. The minimum Gasteiger partial charge on any atom is -0.387 e. The van der Waals surface area contributed by atoms with E-state index < -0.39 is 52.6 Å². The van der Waals surface area contributed by atoms with E-state index in [0.717, 1.165) is 24.0 Å². The van der Waals surface area contributed by atoms with Crippen LogP contribution in [0.15, 0.2) is 59.8 Å². The molecule has 4 unspecified atom stereocenters. The third-order valence-corrected chi connectivity index (χ3v) is 9.19. The number of carbonyl (C=O) groups is 5. The molecule has 1 spiro atoms. The first-order chi connectivity index (χ1) is 22.8.